The minimum atomic E-state index is -4.20. The molecule has 0 spiro atoms. The highest BCUT2D eigenvalue weighted by atomic mass is 35.5. The predicted molar refractivity (Wildman–Crippen MR) is 89.9 cm³/mol. The fourth-order valence-electron chi connectivity index (χ4n) is 2.14. The Morgan fingerprint density at radius 3 is 2.44 bits per heavy atom. The molecule has 0 aliphatic rings. The zero-order valence-corrected chi connectivity index (χ0v) is 14.2. The number of nitrogens with zero attached hydrogens (tertiary/aromatic N) is 1. The van der Waals surface area contributed by atoms with Crippen LogP contribution in [0.4, 0.5) is 5.69 Å². The van der Waals surface area contributed by atoms with Crippen LogP contribution in [0.25, 0.3) is 0 Å². The summed E-state index contributed by atoms with van der Waals surface area (Å²) >= 11 is 5.68. The van der Waals surface area contributed by atoms with E-state index in [1.165, 1.54) is 0 Å². The number of rotatable bonds is 7. The highest BCUT2D eigenvalue weighted by molar-refractivity contribution is 7.89. The van der Waals surface area contributed by atoms with Gasteiger partial charge in [-0.15, -0.1) is 0 Å². The number of nitro groups is 1. The van der Waals surface area contributed by atoms with Gasteiger partial charge in [-0.3, -0.25) is 14.9 Å². The molecule has 0 amide bonds. The van der Waals surface area contributed by atoms with Crippen LogP contribution < -0.4 is 4.72 Å². The first-order chi connectivity index (χ1) is 11.7. The number of carboxylic acid groups (broad SMARTS) is 1. The van der Waals surface area contributed by atoms with Crippen molar-refractivity contribution in [3.8, 4) is 0 Å². The first-order valence-corrected chi connectivity index (χ1v) is 8.80. The van der Waals surface area contributed by atoms with Gasteiger partial charge in [0.2, 0.25) is 10.0 Å². The summed E-state index contributed by atoms with van der Waals surface area (Å²) in [4.78, 5) is 20.8. The number of carbonyl (C=O) groups is 1. The van der Waals surface area contributed by atoms with Gasteiger partial charge < -0.3 is 5.11 Å². The molecule has 0 aliphatic carbocycles. The van der Waals surface area contributed by atoms with Crippen molar-refractivity contribution in [2.75, 3.05) is 0 Å². The van der Waals surface area contributed by atoms with Crippen molar-refractivity contribution in [3.63, 3.8) is 0 Å². The molecule has 0 fully saturated rings. The predicted octanol–water partition coefficient (Wildman–Crippen LogP) is 2.74. The maximum absolute atomic E-state index is 12.5. The van der Waals surface area contributed by atoms with E-state index in [2.05, 4.69) is 4.72 Å². The van der Waals surface area contributed by atoms with E-state index in [1.54, 1.807) is 30.3 Å². The minimum absolute atomic E-state index is 0.200. The number of halogens is 1. The lowest BCUT2D eigenvalue weighted by Gasteiger charge is -2.17. The molecule has 0 heterocycles. The van der Waals surface area contributed by atoms with Crippen LogP contribution in [0, 0.1) is 10.1 Å². The lowest BCUT2D eigenvalue weighted by atomic mass is 10.1. The normalized spacial score (nSPS) is 12.5. The van der Waals surface area contributed by atoms with Crippen molar-refractivity contribution >= 4 is 33.3 Å². The summed E-state index contributed by atoms with van der Waals surface area (Å²) in [5.74, 6) is -1.20. The van der Waals surface area contributed by atoms with Crippen LogP contribution in [0.2, 0.25) is 5.02 Å². The summed E-state index contributed by atoms with van der Waals surface area (Å²) in [5, 5.41) is 19.7. The summed E-state index contributed by atoms with van der Waals surface area (Å²) in [6, 6.07) is 10.2. The third-order valence-electron chi connectivity index (χ3n) is 3.30. The smallest absolute Gasteiger partial charge is 0.305 e. The Kier molecular flexibility index (Phi) is 5.73. The third-order valence-corrected chi connectivity index (χ3v) is 5.09. The molecule has 2 rings (SSSR count). The first-order valence-electron chi connectivity index (χ1n) is 6.93. The summed E-state index contributed by atoms with van der Waals surface area (Å²) < 4.78 is 27.3. The van der Waals surface area contributed by atoms with Gasteiger partial charge in [-0.25, -0.2) is 13.1 Å². The van der Waals surface area contributed by atoms with Gasteiger partial charge in [-0.2, -0.15) is 0 Å². The molecule has 0 aliphatic heterocycles. The second-order valence-electron chi connectivity index (χ2n) is 5.05. The Labute approximate surface area is 148 Å². The Balaban J connectivity index is 2.39. The van der Waals surface area contributed by atoms with Crippen molar-refractivity contribution in [2.24, 2.45) is 0 Å². The first kappa shape index (κ1) is 18.8. The van der Waals surface area contributed by atoms with Crippen LogP contribution in [-0.2, 0) is 14.8 Å². The second-order valence-corrected chi connectivity index (χ2v) is 7.17. The Morgan fingerprint density at radius 1 is 1.24 bits per heavy atom. The Morgan fingerprint density at radius 2 is 1.88 bits per heavy atom. The molecule has 25 heavy (non-hydrogen) atoms. The topological polar surface area (TPSA) is 127 Å². The summed E-state index contributed by atoms with van der Waals surface area (Å²) in [6.07, 6.45) is -0.487. The molecule has 0 saturated carbocycles. The van der Waals surface area contributed by atoms with Crippen molar-refractivity contribution in [1.29, 1.82) is 0 Å². The lowest BCUT2D eigenvalue weighted by Crippen LogP contribution is -2.30. The fraction of sp³-hybridized carbons (Fsp3) is 0.133. The number of nitro benzene ring substituents is 1. The summed E-state index contributed by atoms with van der Waals surface area (Å²) in [5.41, 5.74) is -0.101. The number of hydrogen-bond acceptors (Lipinski definition) is 5. The van der Waals surface area contributed by atoms with Crippen LogP contribution in [0.3, 0.4) is 0 Å². The van der Waals surface area contributed by atoms with Gasteiger partial charge in [0, 0.05) is 6.07 Å². The van der Waals surface area contributed by atoms with Gasteiger partial charge in [0.15, 0.2) is 0 Å². The highest BCUT2D eigenvalue weighted by Gasteiger charge is 2.26. The van der Waals surface area contributed by atoms with E-state index in [0.29, 0.717) is 5.56 Å². The van der Waals surface area contributed by atoms with E-state index < -0.39 is 39.1 Å². The molecule has 0 saturated heterocycles. The molecule has 1 atom stereocenters. The van der Waals surface area contributed by atoms with Crippen LogP contribution in [0.15, 0.2) is 53.4 Å². The quantitative estimate of drug-likeness (QED) is 0.558. The monoisotopic (exact) mass is 384 g/mol. The standard InChI is InChI=1S/C15H13ClN2O6S/c16-12-7-6-11(8-14(12)18(21)22)25(23,24)17-13(9-15(19)20)10-4-2-1-3-5-10/h1-8,13,17H,9H2,(H,19,20). The number of carboxylic acids is 1. The number of nitrogens with one attached hydrogen (secondary N) is 1. The van der Waals surface area contributed by atoms with Crippen molar-refractivity contribution in [2.45, 2.75) is 17.4 Å². The number of hydrogen-bond donors (Lipinski definition) is 2. The fourth-order valence-corrected chi connectivity index (χ4v) is 3.57. The van der Waals surface area contributed by atoms with E-state index in [-0.39, 0.29) is 9.92 Å². The van der Waals surface area contributed by atoms with E-state index in [1.807, 2.05) is 0 Å². The highest BCUT2D eigenvalue weighted by Crippen LogP contribution is 2.28. The van der Waals surface area contributed by atoms with Crippen LogP contribution in [0.1, 0.15) is 18.0 Å². The second kappa shape index (κ2) is 7.60. The van der Waals surface area contributed by atoms with E-state index in [0.717, 1.165) is 18.2 Å². The average Bonchev–Trinajstić information content (AvgIpc) is 2.54. The lowest BCUT2D eigenvalue weighted by molar-refractivity contribution is -0.384. The van der Waals surface area contributed by atoms with Gasteiger partial charge in [0.1, 0.15) is 5.02 Å². The number of benzene rings is 2. The molecule has 2 N–H and O–H groups in total. The van der Waals surface area contributed by atoms with Crippen molar-refractivity contribution in [3.05, 3.63) is 69.2 Å². The maximum atomic E-state index is 12.5. The zero-order chi connectivity index (χ0) is 18.6. The maximum Gasteiger partial charge on any atom is 0.305 e. The molecular formula is C15H13ClN2O6S. The van der Waals surface area contributed by atoms with Crippen LogP contribution in [-0.4, -0.2) is 24.4 Å². The van der Waals surface area contributed by atoms with Gasteiger partial charge in [0.05, 0.1) is 22.3 Å². The number of sulfonamides is 1. The molecule has 0 aromatic heterocycles. The number of aliphatic carboxylic acids is 1. The van der Waals surface area contributed by atoms with Crippen molar-refractivity contribution in [1.82, 2.24) is 4.72 Å². The molecule has 2 aromatic carbocycles. The average molecular weight is 385 g/mol. The molecule has 8 nitrogen and oxygen atoms in total. The van der Waals surface area contributed by atoms with Crippen LogP contribution >= 0.6 is 11.6 Å². The van der Waals surface area contributed by atoms with Gasteiger partial charge in [0.25, 0.3) is 5.69 Å². The Bertz CT molecular complexity index is 901. The Hall–Kier alpha value is -2.49. The van der Waals surface area contributed by atoms with E-state index >= 15 is 0 Å². The van der Waals surface area contributed by atoms with Gasteiger partial charge in [-0.1, -0.05) is 41.9 Å². The van der Waals surface area contributed by atoms with Gasteiger partial charge >= 0.3 is 5.97 Å². The summed E-state index contributed by atoms with van der Waals surface area (Å²) in [7, 11) is -4.20. The summed E-state index contributed by atoms with van der Waals surface area (Å²) in [6.45, 7) is 0. The molecule has 10 heteroatoms. The molecule has 0 radical (unpaired) electrons. The largest absolute Gasteiger partial charge is 0.481 e. The van der Waals surface area contributed by atoms with Crippen LogP contribution in [0.5, 0.6) is 0 Å². The molecule has 132 valence electrons. The third kappa shape index (κ3) is 4.75. The van der Waals surface area contributed by atoms with Gasteiger partial charge in [-0.05, 0) is 17.7 Å². The minimum Gasteiger partial charge on any atom is -0.481 e. The van der Waals surface area contributed by atoms with E-state index in [4.69, 9.17) is 16.7 Å². The molecule has 1 unspecified atom stereocenters. The molecular weight excluding hydrogens is 372 g/mol. The molecule has 0 bridgehead atoms. The SMILES string of the molecule is O=C(O)CC(NS(=O)(=O)c1ccc(Cl)c([N+](=O)[O-])c1)c1ccccc1. The molecule has 2 aromatic rings. The van der Waals surface area contributed by atoms with E-state index in [9.17, 15) is 23.3 Å². The zero-order valence-electron chi connectivity index (χ0n) is 12.6. The van der Waals surface area contributed by atoms with Crippen molar-refractivity contribution < 1.29 is 23.2 Å².